The van der Waals surface area contributed by atoms with Crippen molar-refractivity contribution in [3.05, 3.63) is 59.2 Å². The number of hydrogen-bond acceptors (Lipinski definition) is 11. The van der Waals surface area contributed by atoms with Crippen molar-refractivity contribution in [2.24, 2.45) is 0 Å². The maximum Gasteiger partial charge on any atom is 0.573 e. The van der Waals surface area contributed by atoms with E-state index < -0.39 is 12.3 Å². The van der Waals surface area contributed by atoms with E-state index in [2.05, 4.69) is 24.5 Å². The maximum atomic E-state index is 12.4. The van der Waals surface area contributed by atoms with Gasteiger partial charge in [-0.3, -0.25) is 9.69 Å². The molecule has 13 nitrogen and oxygen atoms in total. The van der Waals surface area contributed by atoms with Crippen LogP contribution in [0.2, 0.25) is 0 Å². The second kappa shape index (κ2) is 16.8. The number of carbonyl (C=O) groups is 2. The van der Waals surface area contributed by atoms with Gasteiger partial charge in [0.05, 0.1) is 25.5 Å². The number of halogens is 3. The van der Waals surface area contributed by atoms with Crippen molar-refractivity contribution in [2.45, 2.75) is 25.8 Å². The van der Waals surface area contributed by atoms with Gasteiger partial charge in [0, 0.05) is 43.9 Å². The Hall–Kier alpha value is -4.67. The number of nitrogens with zero attached hydrogens (tertiary/aromatic N) is 4. The first kappa shape index (κ1) is 35.2. The third-order valence-corrected chi connectivity index (χ3v) is 7.36. The normalized spacial score (nSPS) is 14.3. The Morgan fingerprint density at radius 3 is 2.32 bits per heavy atom. The lowest BCUT2D eigenvalue weighted by atomic mass is 9.88. The fourth-order valence-electron chi connectivity index (χ4n) is 5.27. The number of nitrogens with two attached hydrogens (primary N) is 1. The number of rotatable bonds is 13. The van der Waals surface area contributed by atoms with E-state index in [4.69, 9.17) is 35.0 Å². The number of anilines is 2. The van der Waals surface area contributed by atoms with Gasteiger partial charge in [0.15, 0.2) is 0 Å². The van der Waals surface area contributed by atoms with Crippen molar-refractivity contribution in [3.63, 3.8) is 0 Å². The topological polar surface area (TPSA) is 170 Å². The molecule has 1 saturated heterocycles. The number of alkyl halides is 3. The molecule has 254 valence electrons. The molecule has 4 N–H and O–H groups in total. The summed E-state index contributed by atoms with van der Waals surface area (Å²) in [7, 11) is 0. The monoisotopic (exact) mass is 663 g/mol. The van der Waals surface area contributed by atoms with Crippen LogP contribution in [0, 0.1) is 0 Å². The number of hydrogen-bond donors (Lipinski definition) is 3. The molecule has 1 fully saturated rings. The highest BCUT2D eigenvalue weighted by Gasteiger charge is 2.31. The number of fused-ring (bicyclic) bond motifs is 3. The summed E-state index contributed by atoms with van der Waals surface area (Å²) in [6.45, 7) is 4.79. The molecule has 0 unspecified atom stereocenters. The quantitative estimate of drug-likeness (QED) is 0.180. The zero-order chi connectivity index (χ0) is 33.8. The van der Waals surface area contributed by atoms with E-state index in [0.717, 1.165) is 73.8 Å². The number of ether oxygens (including phenoxy) is 4. The smallest absolute Gasteiger partial charge is 0.489 e. The van der Waals surface area contributed by atoms with E-state index in [0.29, 0.717) is 24.5 Å². The largest absolute Gasteiger partial charge is 0.573 e. The average molecular weight is 664 g/mol. The summed E-state index contributed by atoms with van der Waals surface area (Å²) >= 11 is 0. The van der Waals surface area contributed by atoms with E-state index in [1.165, 1.54) is 24.3 Å². The summed E-state index contributed by atoms with van der Waals surface area (Å²) in [6.07, 6.45) is -3.21. The van der Waals surface area contributed by atoms with Crippen molar-refractivity contribution in [2.75, 3.05) is 69.8 Å². The van der Waals surface area contributed by atoms with Crippen LogP contribution in [0.4, 0.5) is 24.9 Å². The van der Waals surface area contributed by atoms with Gasteiger partial charge in [0.2, 0.25) is 5.95 Å². The fourth-order valence-corrected chi connectivity index (χ4v) is 5.27. The molecule has 3 aromatic rings. The van der Waals surface area contributed by atoms with Gasteiger partial charge in [-0.25, -0.2) is 9.78 Å². The second-order valence-electron chi connectivity index (χ2n) is 10.5. The van der Waals surface area contributed by atoms with Crippen LogP contribution in [-0.2, 0) is 38.5 Å². The number of aromatic nitrogens is 2. The number of piperazine rings is 1. The zero-order valence-corrected chi connectivity index (χ0v) is 25.4. The minimum Gasteiger partial charge on any atom is -0.489 e. The van der Waals surface area contributed by atoms with E-state index >= 15 is 0 Å². The SMILES string of the molecule is Nc1nc2c(c(N3CCN(CCOCCOCC(=O)O)CC3)n1)CCc1cc(OCc3ccc(OC(F)(F)F)cc3)ccc1-2.O=CO. The van der Waals surface area contributed by atoms with Gasteiger partial charge < -0.3 is 39.8 Å². The van der Waals surface area contributed by atoms with Crippen LogP contribution in [0.25, 0.3) is 11.3 Å². The highest BCUT2D eigenvalue weighted by Crippen LogP contribution is 2.38. The number of benzene rings is 2. The molecule has 1 aliphatic carbocycles. The Morgan fingerprint density at radius 1 is 0.957 bits per heavy atom. The zero-order valence-electron chi connectivity index (χ0n) is 25.4. The van der Waals surface area contributed by atoms with Crippen molar-refractivity contribution in [3.8, 4) is 22.8 Å². The Morgan fingerprint density at radius 2 is 1.64 bits per heavy atom. The third-order valence-electron chi connectivity index (χ3n) is 7.36. The summed E-state index contributed by atoms with van der Waals surface area (Å²) in [5, 5.41) is 15.5. The van der Waals surface area contributed by atoms with Crippen LogP contribution in [-0.4, -0.2) is 103 Å². The maximum absolute atomic E-state index is 12.4. The van der Waals surface area contributed by atoms with Gasteiger partial charge in [0.1, 0.15) is 30.5 Å². The third kappa shape index (κ3) is 10.7. The predicted octanol–water partition coefficient (Wildman–Crippen LogP) is 3.24. The fraction of sp³-hybridized carbons (Fsp3) is 0.419. The molecule has 2 heterocycles. The van der Waals surface area contributed by atoms with Crippen molar-refractivity contribution in [1.29, 1.82) is 0 Å². The number of nitrogen functional groups attached to an aromatic ring is 1. The molecule has 0 amide bonds. The molecule has 47 heavy (non-hydrogen) atoms. The van der Waals surface area contributed by atoms with E-state index in [1.54, 1.807) is 0 Å². The van der Waals surface area contributed by atoms with Gasteiger partial charge in [0.25, 0.3) is 6.47 Å². The predicted molar refractivity (Wildman–Crippen MR) is 163 cm³/mol. The highest BCUT2D eigenvalue weighted by molar-refractivity contribution is 5.76. The summed E-state index contributed by atoms with van der Waals surface area (Å²) in [4.78, 5) is 32.6. The lowest BCUT2D eigenvalue weighted by Crippen LogP contribution is -2.48. The van der Waals surface area contributed by atoms with Crippen LogP contribution < -0.4 is 20.1 Å². The van der Waals surface area contributed by atoms with Crippen molar-refractivity contribution >= 4 is 24.2 Å². The van der Waals surface area contributed by atoms with Crippen LogP contribution in [0.15, 0.2) is 42.5 Å². The Kier molecular flexibility index (Phi) is 12.5. The lowest BCUT2D eigenvalue weighted by Gasteiger charge is -2.37. The summed E-state index contributed by atoms with van der Waals surface area (Å²) in [5.41, 5.74) is 10.8. The molecule has 0 saturated carbocycles. The van der Waals surface area contributed by atoms with E-state index in [-0.39, 0.29) is 38.0 Å². The van der Waals surface area contributed by atoms with Crippen LogP contribution >= 0.6 is 0 Å². The first-order chi connectivity index (χ1) is 22.6. The standard InChI is InChI=1S/C30H34F3N5O6.CH2O2/c31-30(32,33)44-22-4-1-20(2-5-22)18-43-23-6-8-24-21(17-23)3-7-25-27(24)35-29(34)36-28(25)38-11-9-37(10-12-38)13-14-41-15-16-42-19-26(39)40;2-1-3/h1-2,4-6,8,17H,3,7,9-16,18-19H2,(H,39,40)(H2,34,35,36);1H,(H,2,3). The Balaban J connectivity index is 0.00000160. The molecule has 2 aromatic carbocycles. The second-order valence-corrected chi connectivity index (χ2v) is 10.5. The lowest BCUT2D eigenvalue weighted by molar-refractivity contribution is -0.274. The number of carboxylic acids is 1. The van der Waals surface area contributed by atoms with Gasteiger partial charge in [-0.05, 0) is 54.3 Å². The number of carboxylic acid groups (broad SMARTS) is 2. The molecular formula is C31H36F3N5O8. The van der Waals surface area contributed by atoms with E-state index in [1.807, 2.05) is 18.2 Å². The van der Waals surface area contributed by atoms with E-state index in [9.17, 15) is 18.0 Å². The van der Waals surface area contributed by atoms with Crippen LogP contribution in [0.3, 0.4) is 0 Å². The first-order valence-electron chi connectivity index (χ1n) is 14.8. The van der Waals surface area contributed by atoms with Gasteiger partial charge in [-0.2, -0.15) is 4.98 Å². The minimum atomic E-state index is -4.73. The molecule has 0 atom stereocenters. The molecule has 0 spiro atoms. The molecule has 16 heteroatoms. The minimum absolute atomic E-state index is 0.195. The average Bonchev–Trinajstić information content (AvgIpc) is 3.03. The Bertz CT molecular complexity index is 1490. The summed E-state index contributed by atoms with van der Waals surface area (Å²) in [6, 6.07) is 11.4. The Labute approximate surface area is 268 Å². The van der Waals surface area contributed by atoms with Gasteiger partial charge in [-0.1, -0.05) is 12.1 Å². The molecule has 1 aromatic heterocycles. The molecular weight excluding hydrogens is 627 g/mol. The summed E-state index contributed by atoms with van der Waals surface area (Å²) in [5.74, 6) is 0.454. The molecule has 0 radical (unpaired) electrons. The summed E-state index contributed by atoms with van der Waals surface area (Å²) < 4.78 is 57.6. The van der Waals surface area contributed by atoms with Crippen molar-refractivity contribution < 1.29 is 51.9 Å². The van der Waals surface area contributed by atoms with Gasteiger partial charge >= 0.3 is 12.3 Å². The molecule has 0 bridgehead atoms. The van der Waals surface area contributed by atoms with Crippen LogP contribution in [0.1, 0.15) is 16.7 Å². The molecule has 5 rings (SSSR count). The number of aryl methyl sites for hydroxylation is 1. The van der Waals surface area contributed by atoms with Gasteiger partial charge in [-0.15, -0.1) is 13.2 Å². The highest BCUT2D eigenvalue weighted by atomic mass is 19.4. The van der Waals surface area contributed by atoms with Crippen LogP contribution in [0.5, 0.6) is 11.5 Å². The number of aliphatic carboxylic acids is 1. The van der Waals surface area contributed by atoms with Crippen molar-refractivity contribution in [1.82, 2.24) is 14.9 Å². The first-order valence-corrected chi connectivity index (χ1v) is 14.8. The molecule has 1 aliphatic heterocycles. The molecule has 2 aliphatic rings.